The van der Waals surface area contributed by atoms with Gasteiger partial charge in [-0.3, -0.25) is 4.90 Å². The van der Waals surface area contributed by atoms with Crippen LogP contribution in [0.5, 0.6) is 0 Å². The highest BCUT2D eigenvalue weighted by Crippen LogP contribution is 2.15. The summed E-state index contributed by atoms with van der Waals surface area (Å²) < 4.78 is 5.65. The van der Waals surface area contributed by atoms with E-state index in [0.717, 1.165) is 25.3 Å². The summed E-state index contributed by atoms with van der Waals surface area (Å²) >= 11 is 0. The van der Waals surface area contributed by atoms with Gasteiger partial charge >= 0.3 is 0 Å². The zero-order valence-electron chi connectivity index (χ0n) is 11.7. The van der Waals surface area contributed by atoms with Gasteiger partial charge in [-0.05, 0) is 31.5 Å². The zero-order chi connectivity index (χ0) is 13.7. The molecule has 0 spiro atoms. The Hall–Kier alpha value is -1.34. The minimum absolute atomic E-state index is 0.325. The average molecular weight is 258 g/mol. The van der Waals surface area contributed by atoms with Gasteiger partial charge in [0.15, 0.2) is 0 Å². The Balaban J connectivity index is 1.98. The standard InChI is InChI=1S/C16H22N2O/c1-13-12-19-14(2)10-18(13)11-16-7-5-15(6-8-16)4-3-9-17/h5-8,13-14H,9-12,17H2,1-2H3. The van der Waals surface area contributed by atoms with Crippen molar-refractivity contribution in [1.82, 2.24) is 4.90 Å². The van der Waals surface area contributed by atoms with Crippen molar-refractivity contribution in [3.8, 4) is 11.8 Å². The molecule has 2 atom stereocenters. The smallest absolute Gasteiger partial charge is 0.0674 e. The van der Waals surface area contributed by atoms with Gasteiger partial charge in [-0.2, -0.15) is 0 Å². The third-order valence-corrected chi connectivity index (χ3v) is 3.41. The molecular weight excluding hydrogens is 236 g/mol. The van der Waals surface area contributed by atoms with E-state index in [1.54, 1.807) is 0 Å². The van der Waals surface area contributed by atoms with E-state index < -0.39 is 0 Å². The molecule has 1 saturated heterocycles. The highest BCUT2D eigenvalue weighted by Gasteiger charge is 2.23. The van der Waals surface area contributed by atoms with Crippen molar-refractivity contribution in [3.63, 3.8) is 0 Å². The lowest BCUT2D eigenvalue weighted by atomic mass is 10.1. The van der Waals surface area contributed by atoms with Crippen LogP contribution in [0.15, 0.2) is 24.3 Å². The van der Waals surface area contributed by atoms with Gasteiger partial charge < -0.3 is 10.5 Å². The summed E-state index contributed by atoms with van der Waals surface area (Å²) in [5, 5.41) is 0. The Morgan fingerprint density at radius 3 is 2.74 bits per heavy atom. The monoisotopic (exact) mass is 258 g/mol. The molecule has 0 amide bonds. The maximum absolute atomic E-state index is 5.65. The van der Waals surface area contributed by atoms with Crippen molar-refractivity contribution >= 4 is 0 Å². The molecule has 0 aromatic heterocycles. The van der Waals surface area contributed by atoms with Crippen LogP contribution in [-0.4, -0.2) is 36.7 Å². The molecule has 1 aromatic carbocycles. The van der Waals surface area contributed by atoms with Crippen LogP contribution in [0, 0.1) is 11.8 Å². The number of hydrogen-bond donors (Lipinski definition) is 1. The molecule has 2 N–H and O–H groups in total. The molecule has 0 bridgehead atoms. The first-order chi connectivity index (χ1) is 9.19. The summed E-state index contributed by atoms with van der Waals surface area (Å²) in [6.07, 6.45) is 0.325. The molecule has 1 aliphatic heterocycles. The third kappa shape index (κ3) is 4.07. The second kappa shape index (κ2) is 6.72. The molecule has 1 fully saturated rings. The molecule has 1 aromatic rings. The summed E-state index contributed by atoms with van der Waals surface area (Å²) in [6, 6.07) is 8.90. The lowest BCUT2D eigenvalue weighted by molar-refractivity contribution is -0.0526. The van der Waals surface area contributed by atoms with Crippen molar-refractivity contribution < 1.29 is 4.74 Å². The fourth-order valence-corrected chi connectivity index (χ4v) is 2.27. The van der Waals surface area contributed by atoms with Gasteiger partial charge in [0.1, 0.15) is 0 Å². The van der Waals surface area contributed by atoms with Crippen LogP contribution in [0.3, 0.4) is 0 Å². The van der Waals surface area contributed by atoms with Crippen LogP contribution in [0.2, 0.25) is 0 Å². The predicted octanol–water partition coefficient (Wildman–Crippen LogP) is 1.61. The topological polar surface area (TPSA) is 38.5 Å². The van der Waals surface area contributed by atoms with Crippen molar-refractivity contribution in [1.29, 1.82) is 0 Å². The Morgan fingerprint density at radius 2 is 2.05 bits per heavy atom. The number of rotatable bonds is 2. The second-order valence-electron chi connectivity index (χ2n) is 5.13. The van der Waals surface area contributed by atoms with E-state index in [0.29, 0.717) is 18.7 Å². The molecule has 1 aliphatic rings. The molecule has 19 heavy (non-hydrogen) atoms. The number of hydrogen-bond acceptors (Lipinski definition) is 3. The van der Waals surface area contributed by atoms with Gasteiger partial charge in [0.2, 0.25) is 0 Å². The molecule has 3 nitrogen and oxygen atoms in total. The molecular formula is C16H22N2O. The summed E-state index contributed by atoms with van der Waals surface area (Å²) in [4.78, 5) is 2.47. The number of nitrogens with two attached hydrogens (primary N) is 1. The highest BCUT2D eigenvalue weighted by atomic mass is 16.5. The van der Waals surface area contributed by atoms with E-state index in [1.165, 1.54) is 5.56 Å². The Kier molecular flexibility index (Phi) is 4.98. The minimum Gasteiger partial charge on any atom is -0.376 e. The minimum atomic E-state index is 0.325. The highest BCUT2D eigenvalue weighted by molar-refractivity contribution is 5.36. The number of ether oxygens (including phenoxy) is 1. The van der Waals surface area contributed by atoms with Crippen LogP contribution in [0.25, 0.3) is 0 Å². The van der Waals surface area contributed by atoms with Crippen LogP contribution in [-0.2, 0) is 11.3 Å². The maximum Gasteiger partial charge on any atom is 0.0674 e. The summed E-state index contributed by atoms with van der Waals surface area (Å²) in [5.41, 5.74) is 7.71. The first-order valence-corrected chi connectivity index (χ1v) is 6.82. The maximum atomic E-state index is 5.65. The Bertz CT molecular complexity index is 458. The van der Waals surface area contributed by atoms with Crippen molar-refractivity contribution in [3.05, 3.63) is 35.4 Å². The molecule has 0 saturated carbocycles. The molecule has 3 heteroatoms. The lowest BCUT2D eigenvalue weighted by Gasteiger charge is -2.36. The van der Waals surface area contributed by atoms with Gasteiger partial charge in [0.05, 0.1) is 19.3 Å². The van der Waals surface area contributed by atoms with Crippen molar-refractivity contribution in [2.45, 2.75) is 32.5 Å². The van der Waals surface area contributed by atoms with Gasteiger partial charge in [-0.1, -0.05) is 24.0 Å². The number of benzene rings is 1. The van der Waals surface area contributed by atoms with Crippen molar-refractivity contribution in [2.24, 2.45) is 5.73 Å². The lowest BCUT2D eigenvalue weighted by Crippen LogP contribution is -2.46. The van der Waals surface area contributed by atoms with Crippen molar-refractivity contribution in [2.75, 3.05) is 19.7 Å². The van der Waals surface area contributed by atoms with Gasteiger partial charge in [0.25, 0.3) is 0 Å². The molecule has 2 unspecified atom stereocenters. The number of nitrogens with zero attached hydrogens (tertiary/aromatic N) is 1. The van der Waals surface area contributed by atoms with E-state index >= 15 is 0 Å². The summed E-state index contributed by atoms with van der Waals surface area (Å²) in [6.45, 7) is 7.54. The summed E-state index contributed by atoms with van der Waals surface area (Å²) in [5.74, 6) is 5.91. The predicted molar refractivity (Wildman–Crippen MR) is 77.7 cm³/mol. The first kappa shape index (κ1) is 14.1. The summed E-state index contributed by atoms with van der Waals surface area (Å²) in [7, 11) is 0. The fraction of sp³-hybridized carbons (Fsp3) is 0.500. The number of morpholine rings is 1. The molecule has 102 valence electrons. The SMILES string of the molecule is CC1CN(Cc2ccc(C#CCN)cc2)C(C)CO1. The third-order valence-electron chi connectivity index (χ3n) is 3.41. The quantitative estimate of drug-likeness (QED) is 0.819. The van der Waals surface area contributed by atoms with E-state index in [4.69, 9.17) is 10.5 Å². The van der Waals surface area contributed by atoms with Gasteiger partial charge in [0, 0.05) is 24.7 Å². The van der Waals surface area contributed by atoms with E-state index in [2.05, 4.69) is 54.9 Å². The fourth-order valence-electron chi connectivity index (χ4n) is 2.27. The van der Waals surface area contributed by atoms with E-state index in [-0.39, 0.29) is 0 Å². The largest absolute Gasteiger partial charge is 0.376 e. The van der Waals surface area contributed by atoms with Crippen LogP contribution in [0.4, 0.5) is 0 Å². The average Bonchev–Trinajstić information content (AvgIpc) is 2.42. The molecule has 1 heterocycles. The Labute approximate surface area is 115 Å². The van der Waals surface area contributed by atoms with E-state index in [9.17, 15) is 0 Å². The first-order valence-electron chi connectivity index (χ1n) is 6.82. The van der Waals surface area contributed by atoms with Gasteiger partial charge in [-0.15, -0.1) is 0 Å². The van der Waals surface area contributed by atoms with E-state index in [1.807, 2.05) is 0 Å². The molecule has 2 rings (SSSR count). The van der Waals surface area contributed by atoms with Gasteiger partial charge in [-0.25, -0.2) is 0 Å². The second-order valence-corrected chi connectivity index (χ2v) is 5.13. The van der Waals surface area contributed by atoms with Crippen LogP contribution in [0.1, 0.15) is 25.0 Å². The van der Waals surface area contributed by atoms with Crippen LogP contribution < -0.4 is 5.73 Å². The van der Waals surface area contributed by atoms with Crippen LogP contribution >= 0.6 is 0 Å². The Morgan fingerprint density at radius 1 is 1.32 bits per heavy atom. The normalized spacial score (nSPS) is 23.7. The molecule has 0 aliphatic carbocycles. The zero-order valence-corrected chi connectivity index (χ0v) is 11.7. The molecule has 0 radical (unpaired) electrons.